The zero-order valence-electron chi connectivity index (χ0n) is 12.3. The van der Waals surface area contributed by atoms with E-state index >= 15 is 0 Å². The molecule has 0 unspecified atom stereocenters. The summed E-state index contributed by atoms with van der Waals surface area (Å²) in [5.74, 6) is 0.177. The van der Waals surface area contributed by atoms with Gasteiger partial charge in [0.1, 0.15) is 5.76 Å². The maximum Gasteiger partial charge on any atom is 0.416 e. The van der Waals surface area contributed by atoms with E-state index in [1.165, 1.54) is 12.3 Å². The molecule has 0 saturated heterocycles. The van der Waals surface area contributed by atoms with Crippen LogP contribution in [-0.4, -0.2) is 15.5 Å². The van der Waals surface area contributed by atoms with Crippen molar-refractivity contribution in [1.29, 1.82) is 0 Å². The Morgan fingerprint density at radius 2 is 2.17 bits per heavy atom. The van der Waals surface area contributed by atoms with Crippen molar-refractivity contribution in [3.63, 3.8) is 0 Å². The molecule has 1 aromatic carbocycles. The van der Waals surface area contributed by atoms with Gasteiger partial charge < -0.3 is 8.98 Å². The first kappa shape index (κ1) is 15.9. The van der Waals surface area contributed by atoms with Gasteiger partial charge in [-0.3, -0.25) is 10.1 Å². The zero-order valence-corrected chi connectivity index (χ0v) is 12.3. The number of amides is 1. The van der Waals surface area contributed by atoms with Crippen molar-refractivity contribution in [2.24, 2.45) is 0 Å². The second kappa shape index (κ2) is 5.88. The molecule has 0 fully saturated rings. The molecule has 0 aliphatic carbocycles. The second-order valence-corrected chi connectivity index (χ2v) is 5.00. The molecule has 3 rings (SSSR count). The smallest absolute Gasteiger partial charge is 0.416 e. The van der Waals surface area contributed by atoms with Crippen LogP contribution in [0.5, 0.6) is 0 Å². The van der Waals surface area contributed by atoms with E-state index in [1.807, 2.05) is 0 Å². The lowest BCUT2D eigenvalue weighted by molar-refractivity contribution is -0.137. The molecule has 5 nitrogen and oxygen atoms in total. The number of aromatic nitrogens is 2. The summed E-state index contributed by atoms with van der Waals surface area (Å²) in [7, 11) is 0. The first-order valence-corrected chi connectivity index (χ1v) is 6.92. The van der Waals surface area contributed by atoms with Gasteiger partial charge in [-0.1, -0.05) is 6.58 Å². The van der Waals surface area contributed by atoms with Gasteiger partial charge in [-0.25, -0.2) is 4.98 Å². The minimum absolute atomic E-state index is 0.116. The van der Waals surface area contributed by atoms with E-state index in [0.29, 0.717) is 11.3 Å². The van der Waals surface area contributed by atoms with Crippen LogP contribution in [0, 0.1) is 0 Å². The average molecular weight is 335 g/mol. The highest BCUT2D eigenvalue weighted by molar-refractivity contribution is 5.98. The van der Waals surface area contributed by atoms with Crippen LogP contribution in [0.4, 0.5) is 19.1 Å². The quantitative estimate of drug-likeness (QED) is 0.737. The van der Waals surface area contributed by atoms with E-state index in [9.17, 15) is 18.0 Å². The number of halogens is 3. The molecule has 1 N–H and O–H groups in total. The number of hydrogen-bond donors (Lipinski definition) is 1. The fourth-order valence-electron chi connectivity index (χ4n) is 2.28. The molecule has 8 heteroatoms. The molecule has 0 aliphatic rings. The predicted molar refractivity (Wildman–Crippen MR) is 81.4 cm³/mol. The van der Waals surface area contributed by atoms with Gasteiger partial charge in [0, 0.05) is 0 Å². The Kier molecular flexibility index (Phi) is 3.88. The summed E-state index contributed by atoms with van der Waals surface area (Å²) in [4.78, 5) is 15.6. The van der Waals surface area contributed by atoms with Crippen LogP contribution in [0.2, 0.25) is 0 Å². The number of alkyl halides is 3. The van der Waals surface area contributed by atoms with Crippen LogP contribution in [-0.2, 0) is 17.5 Å². The molecule has 124 valence electrons. The minimum atomic E-state index is -4.47. The van der Waals surface area contributed by atoms with Crippen LogP contribution in [0.15, 0.2) is 53.7 Å². The molecule has 0 atom stereocenters. The van der Waals surface area contributed by atoms with Crippen LogP contribution in [0.3, 0.4) is 0 Å². The fraction of sp³-hybridized carbons (Fsp3) is 0.125. The Labute approximate surface area is 134 Å². The lowest BCUT2D eigenvalue weighted by atomic mass is 10.2. The Balaban J connectivity index is 2.11. The number of furan rings is 1. The number of anilines is 1. The minimum Gasteiger partial charge on any atom is -0.467 e. The molecule has 3 aromatic rings. The number of hydrogen-bond acceptors (Lipinski definition) is 3. The van der Waals surface area contributed by atoms with Crippen molar-refractivity contribution < 1.29 is 22.4 Å². The van der Waals surface area contributed by atoms with Gasteiger partial charge in [0.25, 0.3) is 0 Å². The number of nitrogens with zero attached hydrogens (tertiary/aromatic N) is 2. The summed E-state index contributed by atoms with van der Waals surface area (Å²) in [5, 5.41) is 2.49. The van der Waals surface area contributed by atoms with Crippen molar-refractivity contribution >= 4 is 22.9 Å². The molecule has 0 radical (unpaired) electrons. The standard InChI is InChI=1S/C16H12F3N3O2/c1-2-14(23)21-15-20-12-8-10(16(17,18)19)5-6-13(12)22(15)9-11-4-3-7-24-11/h2-8H,1,9H2,(H,20,21,23). The Morgan fingerprint density at radius 1 is 1.38 bits per heavy atom. The SMILES string of the molecule is C=CC(=O)Nc1nc2cc(C(F)(F)F)ccc2n1Cc1ccco1. The molecule has 1 amide bonds. The van der Waals surface area contributed by atoms with Gasteiger partial charge in [-0.2, -0.15) is 13.2 Å². The summed E-state index contributed by atoms with van der Waals surface area (Å²) in [5.41, 5.74) is -0.242. The summed E-state index contributed by atoms with van der Waals surface area (Å²) >= 11 is 0. The van der Waals surface area contributed by atoms with Crippen LogP contribution in [0.1, 0.15) is 11.3 Å². The monoisotopic (exact) mass is 335 g/mol. The van der Waals surface area contributed by atoms with E-state index < -0.39 is 17.6 Å². The van der Waals surface area contributed by atoms with Gasteiger partial charge in [0.2, 0.25) is 11.9 Å². The van der Waals surface area contributed by atoms with Gasteiger partial charge in [-0.05, 0) is 36.4 Å². The average Bonchev–Trinajstić information content (AvgIpc) is 3.15. The van der Waals surface area contributed by atoms with Crippen LogP contribution in [0.25, 0.3) is 11.0 Å². The third kappa shape index (κ3) is 3.03. The molecular weight excluding hydrogens is 323 g/mol. The predicted octanol–water partition coefficient (Wildman–Crippen LogP) is 3.82. The van der Waals surface area contributed by atoms with Gasteiger partial charge in [0.15, 0.2) is 0 Å². The number of fused-ring (bicyclic) bond motifs is 1. The maximum atomic E-state index is 12.9. The van der Waals surface area contributed by atoms with E-state index in [2.05, 4.69) is 16.9 Å². The number of imidazole rings is 1. The van der Waals surface area contributed by atoms with Gasteiger partial charge in [-0.15, -0.1) is 0 Å². The molecular formula is C16H12F3N3O2. The Morgan fingerprint density at radius 3 is 2.79 bits per heavy atom. The Hall–Kier alpha value is -3.03. The summed E-state index contributed by atoms with van der Waals surface area (Å²) in [6, 6.07) is 6.64. The summed E-state index contributed by atoms with van der Waals surface area (Å²) in [6.45, 7) is 3.56. The zero-order chi connectivity index (χ0) is 17.3. The Bertz CT molecular complexity index is 895. The van der Waals surface area contributed by atoms with Gasteiger partial charge in [0.05, 0.1) is 29.4 Å². The first-order valence-electron chi connectivity index (χ1n) is 6.92. The second-order valence-electron chi connectivity index (χ2n) is 5.00. The fourth-order valence-corrected chi connectivity index (χ4v) is 2.28. The maximum absolute atomic E-state index is 12.9. The largest absolute Gasteiger partial charge is 0.467 e. The van der Waals surface area contributed by atoms with E-state index in [-0.39, 0.29) is 18.0 Å². The van der Waals surface area contributed by atoms with Crippen molar-refractivity contribution in [2.75, 3.05) is 5.32 Å². The number of nitrogens with one attached hydrogen (secondary N) is 1. The molecule has 0 aliphatic heterocycles. The van der Waals surface area contributed by atoms with Crippen molar-refractivity contribution in [3.05, 3.63) is 60.6 Å². The number of carbonyl (C=O) groups excluding carboxylic acids is 1. The highest BCUT2D eigenvalue weighted by atomic mass is 19.4. The normalized spacial score (nSPS) is 11.6. The van der Waals surface area contributed by atoms with Gasteiger partial charge >= 0.3 is 6.18 Å². The summed E-state index contributed by atoms with van der Waals surface area (Å²) < 4.78 is 45.4. The van der Waals surface area contributed by atoms with Crippen molar-refractivity contribution in [3.8, 4) is 0 Å². The molecule has 24 heavy (non-hydrogen) atoms. The van der Waals surface area contributed by atoms with Crippen molar-refractivity contribution in [2.45, 2.75) is 12.7 Å². The van der Waals surface area contributed by atoms with Crippen LogP contribution >= 0.6 is 0 Å². The summed E-state index contributed by atoms with van der Waals surface area (Å²) in [6.07, 6.45) is -1.93. The van der Waals surface area contributed by atoms with Crippen LogP contribution < -0.4 is 5.32 Å². The topological polar surface area (TPSA) is 60.1 Å². The molecule has 2 aromatic heterocycles. The number of rotatable bonds is 4. The number of carbonyl (C=O) groups is 1. The lowest BCUT2D eigenvalue weighted by Crippen LogP contribution is -2.13. The van der Waals surface area contributed by atoms with E-state index in [4.69, 9.17) is 4.42 Å². The van der Waals surface area contributed by atoms with E-state index in [0.717, 1.165) is 18.2 Å². The van der Waals surface area contributed by atoms with Crippen molar-refractivity contribution in [1.82, 2.24) is 9.55 Å². The third-order valence-corrected chi connectivity index (χ3v) is 3.39. The lowest BCUT2D eigenvalue weighted by Gasteiger charge is -2.08. The molecule has 0 saturated carbocycles. The molecule has 0 spiro atoms. The number of benzene rings is 1. The molecule has 2 heterocycles. The third-order valence-electron chi connectivity index (χ3n) is 3.39. The highest BCUT2D eigenvalue weighted by Crippen LogP contribution is 2.32. The highest BCUT2D eigenvalue weighted by Gasteiger charge is 2.31. The van der Waals surface area contributed by atoms with E-state index in [1.54, 1.807) is 16.7 Å². The molecule has 0 bridgehead atoms. The first-order chi connectivity index (χ1) is 11.4.